The van der Waals surface area contributed by atoms with E-state index in [0.717, 1.165) is 25.6 Å². The zero-order valence-corrected chi connectivity index (χ0v) is 16.2. The van der Waals surface area contributed by atoms with Crippen molar-refractivity contribution >= 4 is 16.9 Å². The summed E-state index contributed by atoms with van der Waals surface area (Å²) in [5.74, 6) is 1.31. The number of urea groups is 1. The molecule has 146 valence electrons. The van der Waals surface area contributed by atoms with Crippen LogP contribution in [0.2, 0.25) is 0 Å². The summed E-state index contributed by atoms with van der Waals surface area (Å²) in [5.41, 5.74) is 0.471. The number of aromatic amines is 1. The van der Waals surface area contributed by atoms with Crippen molar-refractivity contribution < 1.29 is 4.79 Å². The predicted molar refractivity (Wildman–Crippen MR) is 107 cm³/mol. The fourth-order valence-electron chi connectivity index (χ4n) is 3.44. The normalized spacial score (nSPS) is 15.8. The number of H-pyrrole nitrogens is 1. The van der Waals surface area contributed by atoms with Gasteiger partial charge in [-0.15, -0.1) is 0 Å². The Labute approximate surface area is 159 Å². The van der Waals surface area contributed by atoms with E-state index >= 15 is 0 Å². The van der Waals surface area contributed by atoms with E-state index < -0.39 is 0 Å². The van der Waals surface area contributed by atoms with E-state index in [-0.39, 0.29) is 18.1 Å². The number of carbonyl (C=O) groups is 1. The van der Waals surface area contributed by atoms with E-state index in [1.807, 2.05) is 25.1 Å². The molecule has 0 radical (unpaired) electrons. The molecule has 2 amide bonds. The second-order valence-corrected chi connectivity index (χ2v) is 7.30. The number of para-hydroxylation sites is 1. The van der Waals surface area contributed by atoms with Gasteiger partial charge in [0.15, 0.2) is 0 Å². The molecule has 27 heavy (non-hydrogen) atoms. The van der Waals surface area contributed by atoms with Crippen molar-refractivity contribution in [2.75, 3.05) is 32.7 Å². The molecule has 0 atom stereocenters. The Morgan fingerprint density at radius 3 is 2.81 bits per heavy atom. The summed E-state index contributed by atoms with van der Waals surface area (Å²) >= 11 is 0. The Bertz CT molecular complexity index is 826. The van der Waals surface area contributed by atoms with Crippen molar-refractivity contribution in [2.45, 2.75) is 33.2 Å². The maximum atomic E-state index is 12.5. The van der Waals surface area contributed by atoms with E-state index in [0.29, 0.717) is 29.8 Å². The highest BCUT2D eigenvalue weighted by Gasteiger charge is 2.17. The van der Waals surface area contributed by atoms with Crippen molar-refractivity contribution in [3.05, 3.63) is 40.4 Å². The van der Waals surface area contributed by atoms with Gasteiger partial charge >= 0.3 is 6.03 Å². The molecule has 3 rings (SSSR count). The van der Waals surface area contributed by atoms with Gasteiger partial charge in [-0.05, 0) is 50.9 Å². The van der Waals surface area contributed by atoms with Gasteiger partial charge in [0.25, 0.3) is 5.56 Å². The number of likely N-dealkylation sites (tertiary alicyclic amines) is 1. The molecule has 2 aromatic rings. The number of nitrogens with zero attached hydrogens (tertiary/aromatic N) is 3. The molecule has 1 aromatic carbocycles. The third-order valence-electron chi connectivity index (χ3n) is 5.25. The second-order valence-electron chi connectivity index (χ2n) is 7.30. The number of hydrogen-bond donors (Lipinski definition) is 2. The number of amides is 2. The zero-order valence-electron chi connectivity index (χ0n) is 16.2. The SMILES string of the molecule is CCN(Cc1nc2ccccc2c(=O)[nH]1)C(=O)NCCN1CCC(C)CC1. The molecule has 1 saturated heterocycles. The molecule has 0 spiro atoms. The highest BCUT2D eigenvalue weighted by molar-refractivity contribution is 5.77. The Morgan fingerprint density at radius 2 is 2.07 bits per heavy atom. The lowest BCUT2D eigenvalue weighted by Crippen LogP contribution is -2.44. The fourth-order valence-corrected chi connectivity index (χ4v) is 3.44. The highest BCUT2D eigenvalue weighted by Crippen LogP contribution is 2.15. The number of carbonyl (C=O) groups excluding carboxylic acids is 1. The molecule has 0 saturated carbocycles. The molecular weight excluding hydrogens is 342 g/mol. The third kappa shape index (κ3) is 5.07. The van der Waals surface area contributed by atoms with E-state index in [9.17, 15) is 9.59 Å². The lowest BCUT2D eigenvalue weighted by atomic mass is 9.99. The Morgan fingerprint density at radius 1 is 1.33 bits per heavy atom. The minimum Gasteiger partial charge on any atom is -0.337 e. The molecule has 0 unspecified atom stereocenters. The first-order valence-electron chi connectivity index (χ1n) is 9.80. The van der Waals surface area contributed by atoms with Crippen molar-refractivity contribution in [3.8, 4) is 0 Å². The van der Waals surface area contributed by atoms with Crippen molar-refractivity contribution in [3.63, 3.8) is 0 Å². The van der Waals surface area contributed by atoms with Gasteiger partial charge in [-0.3, -0.25) is 4.79 Å². The first-order chi connectivity index (χ1) is 13.1. The van der Waals surface area contributed by atoms with E-state index in [1.165, 1.54) is 12.8 Å². The lowest BCUT2D eigenvalue weighted by Gasteiger charge is -2.30. The van der Waals surface area contributed by atoms with Crippen molar-refractivity contribution in [2.24, 2.45) is 5.92 Å². The minimum absolute atomic E-state index is 0.126. The van der Waals surface area contributed by atoms with Crippen LogP contribution >= 0.6 is 0 Å². The molecule has 0 bridgehead atoms. The summed E-state index contributed by atoms with van der Waals surface area (Å²) in [4.78, 5) is 36.0. The van der Waals surface area contributed by atoms with Crippen molar-refractivity contribution in [1.29, 1.82) is 0 Å². The van der Waals surface area contributed by atoms with E-state index in [4.69, 9.17) is 0 Å². The van der Waals surface area contributed by atoms with E-state index in [2.05, 4.69) is 27.1 Å². The van der Waals surface area contributed by atoms with Crippen LogP contribution in [0.4, 0.5) is 4.79 Å². The van der Waals surface area contributed by atoms with E-state index in [1.54, 1.807) is 11.0 Å². The molecular formula is C20H29N5O2. The lowest BCUT2D eigenvalue weighted by molar-refractivity contribution is 0.180. The Balaban J connectivity index is 1.55. The number of aromatic nitrogens is 2. The molecule has 1 aromatic heterocycles. The van der Waals surface area contributed by atoms with Crippen LogP contribution in [-0.4, -0.2) is 58.5 Å². The number of hydrogen-bond acceptors (Lipinski definition) is 4. The molecule has 2 N–H and O–H groups in total. The van der Waals surface area contributed by atoms with Gasteiger partial charge in [0.1, 0.15) is 5.82 Å². The average molecular weight is 371 g/mol. The zero-order chi connectivity index (χ0) is 19.2. The second kappa shape index (κ2) is 8.99. The number of fused-ring (bicyclic) bond motifs is 1. The summed E-state index contributed by atoms with van der Waals surface area (Å²) in [6.45, 7) is 8.77. The average Bonchev–Trinajstić information content (AvgIpc) is 2.67. The maximum Gasteiger partial charge on any atom is 0.317 e. The highest BCUT2D eigenvalue weighted by atomic mass is 16.2. The molecule has 1 fully saturated rings. The summed E-state index contributed by atoms with van der Waals surface area (Å²) in [7, 11) is 0. The fraction of sp³-hybridized carbons (Fsp3) is 0.550. The summed E-state index contributed by atoms with van der Waals surface area (Å²) < 4.78 is 0. The van der Waals surface area contributed by atoms with Crippen LogP contribution in [0.5, 0.6) is 0 Å². The van der Waals surface area contributed by atoms with Crippen LogP contribution in [0.15, 0.2) is 29.1 Å². The van der Waals surface area contributed by atoms with Crippen LogP contribution in [0.3, 0.4) is 0 Å². The summed E-state index contributed by atoms with van der Waals surface area (Å²) in [5, 5.41) is 3.55. The van der Waals surface area contributed by atoms with Gasteiger partial charge in [-0.1, -0.05) is 19.1 Å². The first-order valence-corrected chi connectivity index (χ1v) is 9.80. The van der Waals surface area contributed by atoms with Crippen LogP contribution < -0.4 is 10.9 Å². The van der Waals surface area contributed by atoms with Gasteiger partial charge in [0.05, 0.1) is 17.4 Å². The number of benzene rings is 1. The van der Waals surface area contributed by atoms with Crippen LogP contribution in [0, 0.1) is 5.92 Å². The van der Waals surface area contributed by atoms with Crippen LogP contribution in [0.25, 0.3) is 10.9 Å². The molecule has 1 aliphatic heterocycles. The van der Waals surface area contributed by atoms with Crippen molar-refractivity contribution in [1.82, 2.24) is 25.1 Å². The monoisotopic (exact) mass is 371 g/mol. The van der Waals surface area contributed by atoms with Gasteiger partial charge in [-0.2, -0.15) is 0 Å². The molecule has 7 heteroatoms. The smallest absolute Gasteiger partial charge is 0.317 e. The minimum atomic E-state index is -0.175. The number of rotatable bonds is 6. The quantitative estimate of drug-likeness (QED) is 0.816. The van der Waals surface area contributed by atoms with Gasteiger partial charge < -0.3 is 20.1 Å². The Hall–Kier alpha value is -2.41. The maximum absolute atomic E-state index is 12.5. The van der Waals surface area contributed by atoms with Gasteiger partial charge in [-0.25, -0.2) is 9.78 Å². The van der Waals surface area contributed by atoms with Crippen LogP contribution in [0.1, 0.15) is 32.5 Å². The van der Waals surface area contributed by atoms with Gasteiger partial charge in [0, 0.05) is 19.6 Å². The topological polar surface area (TPSA) is 81.3 Å². The Kier molecular flexibility index (Phi) is 6.45. The standard InChI is InChI=1S/C20H29N5O2/c1-3-25(20(27)21-10-13-24-11-8-15(2)9-12-24)14-18-22-17-7-5-4-6-16(17)19(26)23-18/h4-7,15H,3,8-14H2,1-2H3,(H,21,27)(H,22,23,26). The van der Waals surface area contributed by atoms with Crippen LogP contribution in [-0.2, 0) is 6.54 Å². The van der Waals surface area contributed by atoms with Gasteiger partial charge in [0.2, 0.25) is 0 Å². The molecule has 2 heterocycles. The molecule has 7 nitrogen and oxygen atoms in total. The third-order valence-corrected chi connectivity index (χ3v) is 5.25. The number of nitrogens with one attached hydrogen (secondary N) is 2. The number of piperidine rings is 1. The first kappa shape index (κ1) is 19.4. The molecule has 0 aliphatic carbocycles. The predicted octanol–water partition coefficient (Wildman–Crippen LogP) is 2.19. The summed E-state index contributed by atoms with van der Waals surface area (Å²) in [6, 6.07) is 7.09. The molecule has 1 aliphatic rings. The largest absolute Gasteiger partial charge is 0.337 e. The summed E-state index contributed by atoms with van der Waals surface area (Å²) in [6.07, 6.45) is 2.46.